The van der Waals surface area contributed by atoms with Crippen LogP contribution in [0.3, 0.4) is 0 Å². The van der Waals surface area contributed by atoms with Crippen LogP contribution in [0.4, 0.5) is 5.69 Å². The minimum Gasteiger partial charge on any atom is -0.342 e. The molecule has 1 heterocycles. The molecule has 1 fully saturated rings. The Kier molecular flexibility index (Phi) is 5.71. The number of piperidine rings is 1. The van der Waals surface area contributed by atoms with Crippen molar-refractivity contribution in [2.75, 3.05) is 18.4 Å². The molecular formula is C22H26N2O2. The van der Waals surface area contributed by atoms with Crippen LogP contribution in [0.25, 0.3) is 0 Å². The molecule has 0 aliphatic carbocycles. The number of likely N-dealkylation sites (tertiary alicyclic amines) is 1. The van der Waals surface area contributed by atoms with Crippen molar-refractivity contribution in [2.45, 2.75) is 33.1 Å². The Balaban J connectivity index is 1.60. The zero-order chi connectivity index (χ0) is 18.5. The van der Waals surface area contributed by atoms with Gasteiger partial charge in [0.05, 0.1) is 12.3 Å². The normalized spacial score (nSPS) is 17.0. The topological polar surface area (TPSA) is 49.4 Å². The second-order valence-electron chi connectivity index (χ2n) is 7.15. The molecule has 0 bridgehead atoms. The quantitative estimate of drug-likeness (QED) is 0.913. The number of benzene rings is 2. The Morgan fingerprint density at radius 2 is 1.88 bits per heavy atom. The summed E-state index contributed by atoms with van der Waals surface area (Å²) in [6.45, 7) is 5.27. The maximum absolute atomic E-state index is 12.7. The summed E-state index contributed by atoms with van der Waals surface area (Å²) in [6.07, 6.45) is 2.09. The average Bonchev–Trinajstić information content (AvgIpc) is 2.65. The van der Waals surface area contributed by atoms with Crippen LogP contribution in [0.5, 0.6) is 0 Å². The predicted molar refractivity (Wildman–Crippen MR) is 104 cm³/mol. The van der Waals surface area contributed by atoms with E-state index in [2.05, 4.69) is 11.4 Å². The van der Waals surface area contributed by atoms with Crippen molar-refractivity contribution < 1.29 is 9.59 Å². The third-order valence-electron chi connectivity index (χ3n) is 4.98. The molecule has 1 N–H and O–H groups in total. The third kappa shape index (κ3) is 4.51. The van der Waals surface area contributed by atoms with Gasteiger partial charge in [-0.15, -0.1) is 0 Å². The zero-order valence-electron chi connectivity index (χ0n) is 15.5. The standard InChI is InChI=1S/C22H26N2O2/c1-16-10-11-20(17(2)13-16)23-22(26)19-9-6-12-24(15-19)21(25)14-18-7-4-3-5-8-18/h3-5,7-8,10-11,13,19H,6,9,12,14-15H2,1-2H3,(H,23,26). The van der Waals surface area contributed by atoms with Gasteiger partial charge in [0.1, 0.15) is 0 Å². The van der Waals surface area contributed by atoms with Crippen LogP contribution in [0.15, 0.2) is 48.5 Å². The predicted octanol–water partition coefficient (Wildman–Crippen LogP) is 3.72. The molecule has 1 saturated heterocycles. The highest BCUT2D eigenvalue weighted by atomic mass is 16.2. The summed E-state index contributed by atoms with van der Waals surface area (Å²) in [4.78, 5) is 27.1. The van der Waals surface area contributed by atoms with E-state index in [0.717, 1.165) is 36.2 Å². The first-order chi connectivity index (χ1) is 12.5. The van der Waals surface area contributed by atoms with E-state index in [1.165, 1.54) is 5.56 Å². The van der Waals surface area contributed by atoms with Gasteiger partial charge in [-0.1, -0.05) is 48.0 Å². The first-order valence-electron chi connectivity index (χ1n) is 9.23. The molecule has 0 radical (unpaired) electrons. The average molecular weight is 350 g/mol. The van der Waals surface area contributed by atoms with Crippen molar-refractivity contribution >= 4 is 17.5 Å². The van der Waals surface area contributed by atoms with Gasteiger partial charge >= 0.3 is 0 Å². The van der Waals surface area contributed by atoms with Gasteiger partial charge in [-0.3, -0.25) is 9.59 Å². The lowest BCUT2D eigenvalue weighted by molar-refractivity contribution is -0.133. The van der Waals surface area contributed by atoms with Gasteiger partial charge in [-0.25, -0.2) is 0 Å². The molecule has 26 heavy (non-hydrogen) atoms. The van der Waals surface area contributed by atoms with Crippen LogP contribution in [-0.2, 0) is 16.0 Å². The number of amides is 2. The van der Waals surface area contributed by atoms with Crippen LogP contribution in [0.2, 0.25) is 0 Å². The minimum atomic E-state index is -0.149. The summed E-state index contributed by atoms with van der Waals surface area (Å²) in [5.41, 5.74) is 4.11. The fourth-order valence-corrected chi connectivity index (χ4v) is 3.49. The Bertz CT molecular complexity index is 786. The van der Waals surface area contributed by atoms with Gasteiger partial charge in [-0.05, 0) is 43.9 Å². The second-order valence-corrected chi connectivity index (χ2v) is 7.15. The van der Waals surface area contributed by atoms with E-state index in [9.17, 15) is 9.59 Å². The van der Waals surface area contributed by atoms with Gasteiger partial charge in [-0.2, -0.15) is 0 Å². The summed E-state index contributed by atoms with van der Waals surface area (Å²) in [5, 5.41) is 3.04. The van der Waals surface area contributed by atoms with Crippen molar-refractivity contribution in [3.05, 3.63) is 65.2 Å². The van der Waals surface area contributed by atoms with E-state index < -0.39 is 0 Å². The number of aryl methyl sites for hydroxylation is 2. The number of hydrogen-bond acceptors (Lipinski definition) is 2. The summed E-state index contributed by atoms with van der Waals surface area (Å²) in [6, 6.07) is 15.8. The monoisotopic (exact) mass is 350 g/mol. The van der Waals surface area contributed by atoms with Crippen molar-refractivity contribution in [1.29, 1.82) is 0 Å². The highest BCUT2D eigenvalue weighted by Gasteiger charge is 2.28. The van der Waals surface area contributed by atoms with Gasteiger partial charge < -0.3 is 10.2 Å². The van der Waals surface area contributed by atoms with E-state index >= 15 is 0 Å². The lowest BCUT2D eigenvalue weighted by Crippen LogP contribution is -2.44. The van der Waals surface area contributed by atoms with Crippen molar-refractivity contribution in [3.8, 4) is 0 Å². The smallest absolute Gasteiger partial charge is 0.229 e. The largest absolute Gasteiger partial charge is 0.342 e. The molecule has 1 unspecified atom stereocenters. The fourth-order valence-electron chi connectivity index (χ4n) is 3.49. The minimum absolute atomic E-state index is 0.00849. The molecule has 2 aromatic carbocycles. The van der Waals surface area contributed by atoms with Gasteiger partial charge in [0.25, 0.3) is 0 Å². The summed E-state index contributed by atoms with van der Waals surface area (Å²) in [7, 11) is 0. The number of nitrogens with zero attached hydrogens (tertiary/aromatic N) is 1. The molecule has 0 spiro atoms. The summed E-state index contributed by atoms with van der Waals surface area (Å²) in [5.74, 6) is -0.0430. The van der Waals surface area contributed by atoms with Crippen LogP contribution in [0, 0.1) is 19.8 Å². The SMILES string of the molecule is Cc1ccc(NC(=O)C2CCCN(C(=O)Cc3ccccc3)C2)c(C)c1. The molecule has 1 atom stereocenters. The van der Waals surface area contributed by atoms with Gasteiger partial charge in [0.15, 0.2) is 0 Å². The van der Waals surface area contributed by atoms with Crippen molar-refractivity contribution in [1.82, 2.24) is 4.90 Å². The number of carbonyl (C=O) groups is 2. The molecule has 4 nitrogen and oxygen atoms in total. The second kappa shape index (κ2) is 8.17. The zero-order valence-corrected chi connectivity index (χ0v) is 15.5. The van der Waals surface area contributed by atoms with Crippen LogP contribution in [-0.4, -0.2) is 29.8 Å². The number of carbonyl (C=O) groups excluding carboxylic acids is 2. The first kappa shape index (κ1) is 18.2. The molecule has 3 rings (SSSR count). The van der Waals surface area contributed by atoms with E-state index in [-0.39, 0.29) is 17.7 Å². The third-order valence-corrected chi connectivity index (χ3v) is 4.98. The Hall–Kier alpha value is -2.62. The molecule has 136 valence electrons. The number of nitrogens with one attached hydrogen (secondary N) is 1. The van der Waals surface area contributed by atoms with E-state index in [1.807, 2.05) is 61.2 Å². The number of anilines is 1. The lowest BCUT2D eigenvalue weighted by Gasteiger charge is -2.32. The first-order valence-corrected chi connectivity index (χ1v) is 9.23. The number of rotatable bonds is 4. The van der Waals surface area contributed by atoms with Crippen LogP contribution in [0.1, 0.15) is 29.5 Å². The lowest BCUT2D eigenvalue weighted by atomic mass is 9.96. The molecule has 2 amide bonds. The van der Waals surface area contributed by atoms with Crippen molar-refractivity contribution in [3.63, 3.8) is 0 Å². The van der Waals surface area contributed by atoms with E-state index in [4.69, 9.17) is 0 Å². The van der Waals surface area contributed by atoms with Crippen LogP contribution < -0.4 is 5.32 Å². The highest BCUT2D eigenvalue weighted by molar-refractivity contribution is 5.94. The summed E-state index contributed by atoms with van der Waals surface area (Å²) < 4.78 is 0. The molecule has 0 aromatic heterocycles. The summed E-state index contributed by atoms with van der Waals surface area (Å²) >= 11 is 0. The van der Waals surface area contributed by atoms with Gasteiger partial charge in [0, 0.05) is 18.8 Å². The van der Waals surface area contributed by atoms with E-state index in [1.54, 1.807) is 0 Å². The van der Waals surface area contributed by atoms with E-state index in [0.29, 0.717) is 13.0 Å². The Morgan fingerprint density at radius 3 is 2.62 bits per heavy atom. The van der Waals surface area contributed by atoms with Crippen LogP contribution >= 0.6 is 0 Å². The highest BCUT2D eigenvalue weighted by Crippen LogP contribution is 2.22. The molecular weight excluding hydrogens is 324 g/mol. The Labute approximate surface area is 155 Å². The maximum Gasteiger partial charge on any atom is 0.229 e. The molecule has 4 heteroatoms. The molecule has 2 aromatic rings. The van der Waals surface area contributed by atoms with Crippen molar-refractivity contribution in [2.24, 2.45) is 5.92 Å². The maximum atomic E-state index is 12.7. The molecule has 1 aliphatic rings. The Morgan fingerprint density at radius 1 is 1.12 bits per heavy atom. The fraction of sp³-hybridized carbons (Fsp3) is 0.364. The van der Waals surface area contributed by atoms with Gasteiger partial charge in [0.2, 0.25) is 11.8 Å². The molecule has 0 saturated carbocycles. The number of hydrogen-bond donors (Lipinski definition) is 1. The molecule has 1 aliphatic heterocycles.